The maximum atomic E-state index is 13.2. The van der Waals surface area contributed by atoms with Crippen LogP contribution in [0.25, 0.3) is 16.6 Å². The minimum absolute atomic E-state index is 0.255. The summed E-state index contributed by atoms with van der Waals surface area (Å²) in [6.45, 7) is 2.67. The maximum Gasteiger partial charge on any atom is 0.145 e. The highest BCUT2D eigenvalue weighted by atomic mass is 35.5. The second-order valence-electron chi connectivity index (χ2n) is 6.12. The van der Waals surface area contributed by atoms with Gasteiger partial charge in [0.25, 0.3) is 0 Å². The minimum atomic E-state index is -0.255. The molecule has 0 unspecified atom stereocenters. The molecule has 0 N–H and O–H groups in total. The fourth-order valence-electron chi connectivity index (χ4n) is 2.46. The maximum absolute atomic E-state index is 13.2. The molecule has 0 aliphatic carbocycles. The molecular formula is C19H20ClFN2O. The Hall–Kier alpha value is -2.04. The van der Waals surface area contributed by atoms with Gasteiger partial charge in [-0.25, -0.2) is 4.39 Å². The van der Waals surface area contributed by atoms with Crippen LogP contribution in [-0.2, 0) is 0 Å². The highest BCUT2D eigenvalue weighted by molar-refractivity contribution is 6.31. The SMILES string of the molecule is C[C@H](COc1cn(-c2ccc(F)cc2)c2ccc(Cl)cc12)N(C)C. The van der Waals surface area contributed by atoms with E-state index in [4.69, 9.17) is 16.3 Å². The predicted octanol–water partition coefficient (Wildman–Crippen LogP) is 4.75. The van der Waals surface area contributed by atoms with Gasteiger partial charge in [-0.2, -0.15) is 0 Å². The number of aromatic nitrogens is 1. The van der Waals surface area contributed by atoms with E-state index in [1.165, 1.54) is 12.1 Å². The Morgan fingerprint density at radius 3 is 2.54 bits per heavy atom. The van der Waals surface area contributed by atoms with E-state index in [1.54, 1.807) is 12.1 Å². The van der Waals surface area contributed by atoms with Crippen molar-refractivity contribution in [2.24, 2.45) is 0 Å². The first kappa shape index (κ1) is 16.8. The topological polar surface area (TPSA) is 17.4 Å². The van der Waals surface area contributed by atoms with Crippen LogP contribution in [0.4, 0.5) is 4.39 Å². The molecule has 0 amide bonds. The van der Waals surface area contributed by atoms with Crippen molar-refractivity contribution in [1.29, 1.82) is 0 Å². The molecule has 3 aromatic rings. The number of ether oxygens (including phenoxy) is 1. The van der Waals surface area contributed by atoms with Crippen molar-refractivity contribution in [1.82, 2.24) is 9.47 Å². The van der Waals surface area contributed by atoms with Crippen LogP contribution in [0.3, 0.4) is 0 Å². The lowest BCUT2D eigenvalue weighted by atomic mass is 10.2. The molecule has 1 aromatic heterocycles. The Morgan fingerprint density at radius 2 is 1.88 bits per heavy atom. The molecule has 0 radical (unpaired) electrons. The number of fused-ring (bicyclic) bond motifs is 1. The molecule has 24 heavy (non-hydrogen) atoms. The van der Waals surface area contributed by atoms with Crippen LogP contribution in [0.15, 0.2) is 48.7 Å². The van der Waals surface area contributed by atoms with Crippen molar-refractivity contribution < 1.29 is 9.13 Å². The highest BCUT2D eigenvalue weighted by Gasteiger charge is 2.13. The smallest absolute Gasteiger partial charge is 0.145 e. The van der Waals surface area contributed by atoms with E-state index in [1.807, 2.05) is 43.1 Å². The predicted molar refractivity (Wildman–Crippen MR) is 96.9 cm³/mol. The second kappa shape index (κ2) is 6.83. The van der Waals surface area contributed by atoms with Crippen molar-refractivity contribution in [2.45, 2.75) is 13.0 Å². The van der Waals surface area contributed by atoms with Gasteiger partial charge in [0.05, 0.1) is 11.7 Å². The molecule has 2 aromatic carbocycles. The summed E-state index contributed by atoms with van der Waals surface area (Å²) in [6.07, 6.45) is 1.93. The largest absolute Gasteiger partial charge is 0.490 e. The Morgan fingerprint density at radius 1 is 1.17 bits per heavy atom. The number of benzene rings is 2. The molecule has 0 fully saturated rings. The first-order valence-corrected chi connectivity index (χ1v) is 8.19. The van der Waals surface area contributed by atoms with Crippen molar-refractivity contribution in [3.05, 3.63) is 59.5 Å². The molecule has 0 aliphatic rings. The van der Waals surface area contributed by atoms with Gasteiger partial charge in [-0.1, -0.05) is 11.6 Å². The van der Waals surface area contributed by atoms with Gasteiger partial charge in [-0.05, 0) is 63.5 Å². The first-order valence-electron chi connectivity index (χ1n) is 7.81. The van der Waals surface area contributed by atoms with Crippen molar-refractivity contribution in [3.8, 4) is 11.4 Å². The molecule has 3 nitrogen and oxygen atoms in total. The molecule has 0 saturated heterocycles. The van der Waals surface area contributed by atoms with E-state index >= 15 is 0 Å². The van der Waals surface area contributed by atoms with Gasteiger partial charge in [-0.3, -0.25) is 0 Å². The summed E-state index contributed by atoms with van der Waals surface area (Å²) in [5.41, 5.74) is 1.85. The summed E-state index contributed by atoms with van der Waals surface area (Å²) in [4.78, 5) is 2.10. The Bertz CT molecular complexity index is 842. The normalized spacial score (nSPS) is 12.8. The van der Waals surface area contributed by atoms with Crippen LogP contribution in [0.2, 0.25) is 5.02 Å². The average Bonchev–Trinajstić information content (AvgIpc) is 2.91. The zero-order chi connectivity index (χ0) is 17.3. The third-order valence-corrected chi connectivity index (χ3v) is 4.43. The molecule has 1 atom stereocenters. The van der Waals surface area contributed by atoms with Gasteiger partial charge in [0.2, 0.25) is 0 Å². The van der Waals surface area contributed by atoms with Gasteiger partial charge in [0.15, 0.2) is 0 Å². The molecule has 3 rings (SSSR count). The third kappa shape index (κ3) is 3.40. The Kier molecular flexibility index (Phi) is 4.78. The monoisotopic (exact) mass is 346 g/mol. The lowest BCUT2D eigenvalue weighted by molar-refractivity contribution is 0.200. The summed E-state index contributed by atoms with van der Waals surface area (Å²) >= 11 is 6.16. The molecule has 0 aliphatic heterocycles. The summed E-state index contributed by atoms with van der Waals surface area (Å²) in [7, 11) is 4.04. The van der Waals surface area contributed by atoms with E-state index in [0.717, 1.165) is 22.3 Å². The molecule has 126 valence electrons. The molecule has 0 spiro atoms. The number of nitrogens with zero attached hydrogens (tertiary/aromatic N) is 2. The summed E-state index contributed by atoms with van der Waals surface area (Å²) in [5.74, 6) is 0.514. The number of halogens is 2. The van der Waals surface area contributed by atoms with Crippen LogP contribution < -0.4 is 4.74 Å². The molecule has 5 heteroatoms. The fraction of sp³-hybridized carbons (Fsp3) is 0.263. The van der Waals surface area contributed by atoms with Gasteiger partial charge in [-0.15, -0.1) is 0 Å². The molecule has 0 saturated carbocycles. The summed E-state index contributed by atoms with van der Waals surface area (Å²) in [5, 5.41) is 1.60. The number of hydrogen-bond donors (Lipinski definition) is 0. The van der Waals surface area contributed by atoms with Gasteiger partial charge < -0.3 is 14.2 Å². The van der Waals surface area contributed by atoms with E-state index in [2.05, 4.69) is 11.8 Å². The van der Waals surface area contributed by atoms with Gasteiger partial charge in [0, 0.05) is 22.1 Å². The van der Waals surface area contributed by atoms with Crippen LogP contribution >= 0.6 is 11.6 Å². The van der Waals surface area contributed by atoms with Gasteiger partial charge in [0.1, 0.15) is 18.2 Å². The molecule has 1 heterocycles. The lowest BCUT2D eigenvalue weighted by Gasteiger charge is -2.19. The van der Waals surface area contributed by atoms with E-state index in [-0.39, 0.29) is 11.9 Å². The van der Waals surface area contributed by atoms with Gasteiger partial charge >= 0.3 is 0 Å². The number of rotatable bonds is 5. The summed E-state index contributed by atoms with van der Waals surface area (Å²) in [6, 6.07) is 12.4. The number of likely N-dealkylation sites (N-methyl/N-ethyl adjacent to an activating group) is 1. The number of hydrogen-bond acceptors (Lipinski definition) is 2. The van der Waals surface area contributed by atoms with Crippen LogP contribution in [0.5, 0.6) is 5.75 Å². The quantitative estimate of drug-likeness (QED) is 0.663. The molecular weight excluding hydrogens is 327 g/mol. The van der Waals surface area contributed by atoms with Crippen molar-refractivity contribution in [2.75, 3.05) is 20.7 Å². The van der Waals surface area contributed by atoms with E-state index in [9.17, 15) is 4.39 Å². The zero-order valence-corrected chi connectivity index (χ0v) is 14.7. The Labute approximate surface area is 146 Å². The first-order chi connectivity index (χ1) is 11.5. The van der Waals surface area contributed by atoms with Crippen LogP contribution in [0, 0.1) is 5.82 Å². The molecule has 0 bridgehead atoms. The zero-order valence-electron chi connectivity index (χ0n) is 14.0. The lowest BCUT2D eigenvalue weighted by Crippen LogP contribution is -2.30. The van der Waals surface area contributed by atoms with E-state index in [0.29, 0.717) is 11.6 Å². The minimum Gasteiger partial charge on any atom is -0.490 e. The standard InChI is InChI=1S/C19H20ClFN2O/c1-13(22(2)3)12-24-19-11-23(16-7-5-15(21)6-8-16)18-9-4-14(20)10-17(18)19/h4-11,13H,12H2,1-3H3/t13-/m1/s1. The van der Waals surface area contributed by atoms with Crippen LogP contribution in [0.1, 0.15) is 6.92 Å². The van der Waals surface area contributed by atoms with Crippen molar-refractivity contribution >= 4 is 22.5 Å². The fourth-order valence-corrected chi connectivity index (χ4v) is 2.63. The highest BCUT2D eigenvalue weighted by Crippen LogP contribution is 2.33. The van der Waals surface area contributed by atoms with Crippen molar-refractivity contribution in [3.63, 3.8) is 0 Å². The Balaban J connectivity index is 2.02. The third-order valence-electron chi connectivity index (χ3n) is 4.20. The second-order valence-corrected chi connectivity index (χ2v) is 6.56. The summed E-state index contributed by atoms with van der Waals surface area (Å²) < 4.78 is 21.2. The van der Waals surface area contributed by atoms with E-state index < -0.39 is 0 Å². The van der Waals surface area contributed by atoms with Crippen LogP contribution in [-0.4, -0.2) is 36.2 Å². The average molecular weight is 347 g/mol.